The highest BCUT2D eigenvalue weighted by atomic mass is 32.2. The van der Waals surface area contributed by atoms with Crippen LogP contribution in [-0.4, -0.2) is 19.0 Å². The third-order valence-corrected chi connectivity index (χ3v) is 5.83. The maximum Gasteiger partial charge on any atom is 0.367 e. The number of hydrogen-bond acceptors (Lipinski definition) is 4. The largest absolute Gasteiger partial charge is 0.367 e. The van der Waals surface area contributed by atoms with Crippen molar-refractivity contribution in [3.63, 3.8) is 0 Å². The molecule has 3 nitrogen and oxygen atoms in total. The first-order valence-corrected chi connectivity index (χ1v) is 7.27. The normalized spacial score (nSPS) is 30.0. The Morgan fingerprint density at radius 1 is 1.43 bits per heavy atom. The minimum Gasteiger partial charge on any atom is -0.304 e. The van der Waals surface area contributed by atoms with E-state index in [0.29, 0.717) is 13.2 Å². The van der Waals surface area contributed by atoms with E-state index in [9.17, 15) is 4.57 Å². The quantitative estimate of drug-likeness (QED) is 0.652. The third-order valence-electron chi connectivity index (χ3n) is 2.21. The minimum atomic E-state index is -2.92. The van der Waals surface area contributed by atoms with Crippen LogP contribution >= 0.6 is 19.4 Å². The average Bonchev–Trinajstić information content (AvgIpc) is 2.64. The summed E-state index contributed by atoms with van der Waals surface area (Å²) in [6, 6.07) is 0. The van der Waals surface area contributed by atoms with Gasteiger partial charge < -0.3 is 9.05 Å². The van der Waals surface area contributed by atoms with E-state index in [1.807, 2.05) is 19.9 Å². The van der Waals surface area contributed by atoms with Crippen LogP contribution < -0.4 is 0 Å². The maximum absolute atomic E-state index is 12.2. The van der Waals surface area contributed by atoms with E-state index >= 15 is 0 Å². The van der Waals surface area contributed by atoms with Crippen molar-refractivity contribution in [3.05, 3.63) is 10.7 Å². The van der Waals surface area contributed by atoms with Gasteiger partial charge in [0.05, 0.1) is 17.9 Å². The molecule has 0 N–H and O–H groups in total. The number of allylic oxidation sites excluding steroid dienone is 1. The molecule has 0 atom stereocenters. The molecule has 0 aromatic rings. The summed E-state index contributed by atoms with van der Waals surface area (Å²) in [7, 11) is -2.92. The zero-order valence-corrected chi connectivity index (χ0v) is 10.2. The fraction of sp³-hybridized carbons (Fsp3) is 0.778. The van der Waals surface area contributed by atoms with E-state index in [2.05, 4.69) is 0 Å². The fourth-order valence-electron chi connectivity index (χ4n) is 1.32. The first-order valence-electron chi connectivity index (χ1n) is 4.75. The second kappa shape index (κ2) is 3.67. The van der Waals surface area contributed by atoms with Gasteiger partial charge in [0.15, 0.2) is 0 Å². The van der Waals surface area contributed by atoms with Gasteiger partial charge in [-0.2, -0.15) is 0 Å². The number of rotatable bonds is 1. The van der Waals surface area contributed by atoms with Crippen LogP contribution in [0.15, 0.2) is 10.7 Å². The van der Waals surface area contributed by atoms with Gasteiger partial charge in [0.25, 0.3) is 0 Å². The Morgan fingerprint density at radius 2 is 2.07 bits per heavy atom. The SMILES string of the molecule is CC1(C)COP(=O)(C2=CCCS2)OC1. The van der Waals surface area contributed by atoms with Crippen LogP contribution in [0.1, 0.15) is 20.3 Å². The zero-order valence-electron chi connectivity index (χ0n) is 8.49. The van der Waals surface area contributed by atoms with Gasteiger partial charge in [0, 0.05) is 11.2 Å². The second-order valence-corrected chi connectivity index (χ2v) is 7.82. The molecule has 2 aliphatic rings. The maximum atomic E-state index is 12.2. The summed E-state index contributed by atoms with van der Waals surface area (Å²) in [5, 5.41) is 0. The first kappa shape index (κ1) is 10.7. The molecule has 0 unspecified atom stereocenters. The molecule has 0 aromatic heterocycles. The molecule has 2 rings (SSSR count). The van der Waals surface area contributed by atoms with Crippen molar-refractivity contribution in [3.8, 4) is 0 Å². The molecular formula is C9H15O3PS. The van der Waals surface area contributed by atoms with Gasteiger partial charge in [-0.15, -0.1) is 11.8 Å². The Hall–Kier alpha value is 0.240. The summed E-state index contributed by atoms with van der Waals surface area (Å²) in [5.41, 5.74) is -0.0161. The first-order chi connectivity index (χ1) is 6.52. The van der Waals surface area contributed by atoms with Gasteiger partial charge in [-0.3, -0.25) is 4.57 Å². The predicted octanol–water partition coefficient (Wildman–Crippen LogP) is 3.23. The summed E-state index contributed by atoms with van der Waals surface area (Å²) in [4.78, 5) is 0. The Balaban J connectivity index is 2.09. The average molecular weight is 234 g/mol. The Kier molecular flexibility index (Phi) is 2.82. The van der Waals surface area contributed by atoms with Crippen LogP contribution in [0.3, 0.4) is 0 Å². The zero-order chi connectivity index (χ0) is 10.2. The highest BCUT2D eigenvalue weighted by Crippen LogP contribution is 2.64. The van der Waals surface area contributed by atoms with Crippen molar-refractivity contribution < 1.29 is 13.6 Å². The van der Waals surface area contributed by atoms with Gasteiger partial charge in [-0.05, 0) is 6.42 Å². The molecule has 14 heavy (non-hydrogen) atoms. The van der Waals surface area contributed by atoms with E-state index in [0.717, 1.165) is 16.8 Å². The third kappa shape index (κ3) is 2.08. The molecular weight excluding hydrogens is 219 g/mol. The van der Waals surface area contributed by atoms with E-state index in [-0.39, 0.29) is 5.41 Å². The minimum absolute atomic E-state index is 0.0161. The summed E-state index contributed by atoms with van der Waals surface area (Å²) in [6.07, 6.45) is 2.95. The Bertz CT molecular complexity index is 297. The summed E-state index contributed by atoms with van der Waals surface area (Å²) >= 11 is 1.60. The molecule has 0 aromatic carbocycles. The molecule has 1 fully saturated rings. The predicted molar refractivity (Wildman–Crippen MR) is 58.4 cm³/mol. The monoisotopic (exact) mass is 234 g/mol. The van der Waals surface area contributed by atoms with Gasteiger partial charge in [0.2, 0.25) is 0 Å². The molecule has 5 heteroatoms. The summed E-state index contributed by atoms with van der Waals surface area (Å²) < 4.78 is 23.8. The molecule has 0 saturated carbocycles. The molecule has 0 aliphatic carbocycles. The summed E-state index contributed by atoms with van der Waals surface area (Å²) in [5.74, 6) is 0.995. The van der Waals surface area contributed by atoms with E-state index in [4.69, 9.17) is 9.05 Å². The van der Waals surface area contributed by atoms with Crippen LogP contribution in [0, 0.1) is 5.41 Å². The van der Waals surface area contributed by atoms with Crippen molar-refractivity contribution in [1.29, 1.82) is 0 Å². The molecule has 0 radical (unpaired) electrons. The van der Waals surface area contributed by atoms with Crippen LogP contribution in [0.25, 0.3) is 0 Å². The lowest BCUT2D eigenvalue weighted by atomic mass is 9.97. The lowest BCUT2D eigenvalue weighted by molar-refractivity contribution is 0.0454. The van der Waals surface area contributed by atoms with Gasteiger partial charge in [-0.1, -0.05) is 19.9 Å². The van der Waals surface area contributed by atoms with Crippen LogP contribution in [0.4, 0.5) is 0 Å². The lowest BCUT2D eigenvalue weighted by Crippen LogP contribution is -2.29. The molecule has 2 heterocycles. The molecule has 0 bridgehead atoms. The molecule has 0 spiro atoms. The fourth-order valence-corrected chi connectivity index (χ4v) is 4.95. The highest BCUT2D eigenvalue weighted by Gasteiger charge is 2.40. The molecule has 0 amide bonds. The topological polar surface area (TPSA) is 35.5 Å². The number of hydrogen-bond donors (Lipinski definition) is 0. The number of thioether (sulfide) groups is 1. The van der Waals surface area contributed by atoms with Crippen molar-refractivity contribution in [2.75, 3.05) is 19.0 Å². The molecule has 80 valence electrons. The van der Waals surface area contributed by atoms with Crippen LogP contribution in [-0.2, 0) is 13.6 Å². The smallest absolute Gasteiger partial charge is 0.304 e. The van der Waals surface area contributed by atoms with E-state index in [1.165, 1.54) is 0 Å². The van der Waals surface area contributed by atoms with Crippen molar-refractivity contribution in [2.24, 2.45) is 5.41 Å². The van der Waals surface area contributed by atoms with E-state index in [1.54, 1.807) is 11.8 Å². The van der Waals surface area contributed by atoms with Gasteiger partial charge in [-0.25, -0.2) is 0 Å². The second-order valence-electron chi connectivity index (χ2n) is 4.39. The van der Waals surface area contributed by atoms with Crippen LogP contribution in [0.2, 0.25) is 0 Å². The molecule has 2 aliphatic heterocycles. The summed E-state index contributed by atoms with van der Waals surface area (Å²) in [6.45, 7) is 5.13. The standard InChI is InChI=1S/C9H15O3PS/c1-9(2)6-11-13(10,12-7-9)8-4-3-5-14-8/h4H,3,5-7H2,1-2H3. The van der Waals surface area contributed by atoms with E-state index < -0.39 is 7.60 Å². The van der Waals surface area contributed by atoms with Crippen LogP contribution in [0.5, 0.6) is 0 Å². The Morgan fingerprint density at radius 3 is 2.57 bits per heavy atom. The van der Waals surface area contributed by atoms with Gasteiger partial charge >= 0.3 is 7.60 Å². The van der Waals surface area contributed by atoms with Crippen molar-refractivity contribution in [2.45, 2.75) is 20.3 Å². The molecule has 1 saturated heterocycles. The van der Waals surface area contributed by atoms with Crippen molar-refractivity contribution >= 4 is 19.4 Å². The Labute approximate surface area is 88.8 Å². The highest BCUT2D eigenvalue weighted by molar-refractivity contribution is 8.10. The van der Waals surface area contributed by atoms with Gasteiger partial charge in [0.1, 0.15) is 0 Å². The lowest BCUT2D eigenvalue weighted by Gasteiger charge is -2.34. The van der Waals surface area contributed by atoms with Crippen molar-refractivity contribution in [1.82, 2.24) is 0 Å².